The lowest BCUT2D eigenvalue weighted by atomic mass is 9.95. The van der Waals surface area contributed by atoms with Gasteiger partial charge in [0, 0.05) is 17.7 Å². The largest absolute Gasteiger partial charge is 0.212 e. The normalized spacial score (nSPS) is 11.4. The van der Waals surface area contributed by atoms with Crippen LogP contribution in [0.15, 0.2) is 36.5 Å². The van der Waals surface area contributed by atoms with Gasteiger partial charge in [-0.25, -0.2) is 4.57 Å². The first kappa shape index (κ1) is 15.8. The fourth-order valence-electron chi connectivity index (χ4n) is 2.76. The summed E-state index contributed by atoms with van der Waals surface area (Å²) in [4.78, 5) is 0. The fourth-order valence-corrected chi connectivity index (χ4v) is 2.76. The van der Waals surface area contributed by atoms with Crippen LogP contribution in [0.3, 0.4) is 0 Å². The molecule has 0 amide bonds. The Balaban J connectivity index is 2.52. The van der Waals surface area contributed by atoms with E-state index >= 15 is 0 Å². The van der Waals surface area contributed by atoms with Gasteiger partial charge in [-0.1, -0.05) is 39.8 Å². The molecule has 0 N–H and O–H groups in total. The van der Waals surface area contributed by atoms with Crippen LogP contribution in [0.5, 0.6) is 0 Å². The Morgan fingerprint density at radius 3 is 2.33 bits per heavy atom. The van der Waals surface area contributed by atoms with Crippen molar-refractivity contribution in [3.05, 3.63) is 53.2 Å². The monoisotopic (exact) mass is 282 g/mol. The molecule has 0 aliphatic heterocycles. The lowest BCUT2D eigenvalue weighted by Gasteiger charge is -2.11. The molecule has 0 radical (unpaired) electrons. The van der Waals surface area contributed by atoms with Gasteiger partial charge in [0.25, 0.3) is 0 Å². The third-order valence-corrected chi connectivity index (χ3v) is 4.06. The van der Waals surface area contributed by atoms with Crippen molar-refractivity contribution in [2.24, 2.45) is 13.0 Å². The van der Waals surface area contributed by atoms with Crippen molar-refractivity contribution >= 4 is 0 Å². The molecule has 0 fully saturated rings. The van der Waals surface area contributed by atoms with Crippen LogP contribution in [-0.2, 0) is 13.5 Å². The van der Waals surface area contributed by atoms with Crippen molar-refractivity contribution in [3.8, 4) is 11.3 Å². The Morgan fingerprint density at radius 2 is 1.71 bits per heavy atom. The van der Waals surface area contributed by atoms with E-state index in [2.05, 4.69) is 82.8 Å². The Kier molecular flexibility index (Phi) is 4.82. The average Bonchev–Trinajstić information content (AvgIpc) is 2.41. The van der Waals surface area contributed by atoms with E-state index in [1.807, 2.05) is 0 Å². The van der Waals surface area contributed by atoms with E-state index in [0.29, 0.717) is 11.8 Å². The molecule has 1 aromatic carbocycles. The highest BCUT2D eigenvalue weighted by atomic mass is 14.9. The molecule has 2 aromatic rings. The molecular formula is C20H28N+. The number of aryl methyl sites for hydroxylation is 2. The van der Waals surface area contributed by atoms with Gasteiger partial charge in [-0.15, -0.1) is 0 Å². The number of benzene rings is 1. The van der Waals surface area contributed by atoms with Crippen molar-refractivity contribution in [3.63, 3.8) is 0 Å². The zero-order valence-corrected chi connectivity index (χ0v) is 14.3. The molecular weight excluding hydrogens is 254 g/mol. The molecule has 0 saturated carbocycles. The van der Waals surface area contributed by atoms with E-state index in [4.69, 9.17) is 0 Å². The van der Waals surface area contributed by atoms with Gasteiger partial charge in [-0.2, -0.15) is 0 Å². The molecule has 0 bridgehead atoms. The molecule has 21 heavy (non-hydrogen) atoms. The topological polar surface area (TPSA) is 3.88 Å². The Morgan fingerprint density at radius 1 is 1.00 bits per heavy atom. The average molecular weight is 282 g/mol. The van der Waals surface area contributed by atoms with Crippen molar-refractivity contribution in [1.82, 2.24) is 0 Å². The number of aromatic nitrogens is 1. The van der Waals surface area contributed by atoms with Crippen LogP contribution >= 0.6 is 0 Å². The maximum atomic E-state index is 2.37. The SMILES string of the molecule is Cc1ccc(CC(C)C)cc1-c1cc(C(C)C)cc[n+]1C. The van der Waals surface area contributed by atoms with Gasteiger partial charge < -0.3 is 0 Å². The molecule has 0 saturated heterocycles. The highest BCUT2D eigenvalue weighted by molar-refractivity contribution is 5.62. The number of hydrogen-bond donors (Lipinski definition) is 0. The Labute approximate surface area is 129 Å². The molecule has 1 aromatic heterocycles. The van der Waals surface area contributed by atoms with Crippen LogP contribution < -0.4 is 4.57 Å². The van der Waals surface area contributed by atoms with E-state index in [0.717, 1.165) is 6.42 Å². The lowest BCUT2D eigenvalue weighted by molar-refractivity contribution is -0.660. The van der Waals surface area contributed by atoms with Crippen molar-refractivity contribution in [2.75, 3.05) is 0 Å². The second-order valence-electron chi connectivity index (χ2n) is 6.86. The second kappa shape index (κ2) is 6.43. The van der Waals surface area contributed by atoms with Crippen molar-refractivity contribution in [2.45, 2.75) is 47.0 Å². The van der Waals surface area contributed by atoms with Crippen LogP contribution in [0, 0.1) is 12.8 Å². The molecule has 112 valence electrons. The summed E-state index contributed by atoms with van der Waals surface area (Å²) < 4.78 is 2.23. The summed E-state index contributed by atoms with van der Waals surface area (Å²) in [6.07, 6.45) is 3.32. The first-order valence-electron chi connectivity index (χ1n) is 7.98. The summed E-state index contributed by atoms with van der Waals surface area (Å²) in [5.74, 6) is 1.25. The fraction of sp³-hybridized carbons (Fsp3) is 0.450. The molecule has 1 nitrogen and oxygen atoms in total. The quantitative estimate of drug-likeness (QED) is 0.709. The maximum Gasteiger partial charge on any atom is 0.212 e. The van der Waals surface area contributed by atoms with Gasteiger partial charge in [-0.05, 0) is 47.9 Å². The minimum Gasteiger partial charge on any atom is -0.201 e. The Bertz CT molecular complexity index is 624. The molecule has 0 spiro atoms. The van der Waals surface area contributed by atoms with Gasteiger partial charge in [0.15, 0.2) is 6.20 Å². The molecule has 0 aliphatic carbocycles. The summed E-state index contributed by atoms with van der Waals surface area (Å²) in [5, 5.41) is 0. The first-order valence-corrected chi connectivity index (χ1v) is 7.98. The van der Waals surface area contributed by atoms with E-state index in [1.54, 1.807) is 0 Å². The van der Waals surface area contributed by atoms with E-state index in [9.17, 15) is 0 Å². The van der Waals surface area contributed by atoms with Crippen LogP contribution in [0.2, 0.25) is 0 Å². The standard InChI is InChI=1S/C20H28N/c1-14(2)11-17-8-7-16(5)19(12-17)20-13-18(15(3)4)9-10-21(20)6/h7-10,12-15H,11H2,1-6H3/q+1. The number of rotatable bonds is 4. The van der Waals surface area contributed by atoms with Crippen LogP contribution in [0.25, 0.3) is 11.3 Å². The van der Waals surface area contributed by atoms with Gasteiger partial charge in [0.2, 0.25) is 5.69 Å². The van der Waals surface area contributed by atoms with Crippen LogP contribution in [-0.4, -0.2) is 0 Å². The van der Waals surface area contributed by atoms with Gasteiger partial charge in [0.1, 0.15) is 7.05 Å². The second-order valence-corrected chi connectivity index (χ2v) is 6.86. The number of nitrogens with zero attached hydrogens (tertiary/aromatic N) is 1. The molecule has 0 atom stereocenters. The molecule has 1 heterocycles. The third kappa shape index (κ3) is 3.72. The zero-order chi connectivity index (χ0) is 15.6. The predicted octanol–water partition coefficient (Wildman–Crippen LogP) is 4.81. The summed E-state index contributed by atoms with van der Waals surface area (Å²) in [6, 6.07) is 11.5. The smallest absolute Gasteiger partial charge is 0.201 e. The molecule has 1 heteroatoms. The molecule has 0 unspecified atom stereocenters. The summed E-state index contributed by atoms with van der Waals surface area (Å²) in [6.45, 7) is 11.3. The first-order chi connectivity index (χ1) is 9.88. The highest BCUT2D eigenvalue weighted by Crippen LogP contribution is 2.25. The van der Waals surface area contributed by atoms with Gasteiger partial charge in [0.05, 0.1) is 0 Å². The highest BCUT2D eigenvalue weighted by Gasteiger charge is 2.15. The van der Waals surface area contributed by atoms with Gasteiger partial charge >= 0.3 is 0 Å². The number of pyridine rings is 1. The van der Waals surface area contributed by atoms with E-state index in [-0.39, 0.29) is 0 Å². The lowest BCUT2D eigenvalue weighted by Crippen LogP contribution is -2.31. The van der Waals surface area contributed by atoms with E-state index in [1.165, 1.54) is 27.9 Å². The zero-order valence-electron chi connectivity index (χ0n) is 14.3. The van der Waals surface area contributed by atoms with Crippen LogP contribution in [0.4, 0.5) is 0 Å². The summed E-state index contributed by atoms with van der Waals surface area (Å²) in [5.41, 5.74) is 6.85. The summed E-state index contributed by atoms with van der Waals surface area (Å²) in [7, 11) is 2.13. The minimum atomic E-state index is 0.559. The summed E-state index contributed by atoms with van der Waals surface area (Å²) >= 11 is 0. The van der Waals surface area contributed by atoms with Gasteiger partial charge in [-0.3, -0.25) is 0 Å². The minimum absolute atomic E-state index is 0.559. The Hall–Kier alpha value is -1.63. The van der Waals surface area contributed by atoms with Crippen LogP contribution in [0.1, 0.15) is 50.3 Å². The van der Waals surface area contributed by atoms with E-state index < -0.39 is 0 Å². The third-order valence-electron chi connectivity index (χ3n) is 4.06. The van der Waals surface area contributed by atoms with Crippen molar-refractivity contribution < 1.29 is 4.57 Å². The maximum absolute atomic E-state index is 2.37. The molecule has 0 aliphatic rings. The molecule has 2 rings (SSSR count). The number of hydrogen-bond acceptors (Lipinski definition) is 0. The predicted molar refractivity (Wildman–Crippen MR) is 90.4 cm³/mol. The van der Waals surface area contributed by atoms with Crippen molar-refractivity contribution in [1.29, 1.82) is 0 Å².